The molecule has 0 amide bonds. The van der Waals surface area contributed by atoms with Gasteiger partial charge in [0.15, 0.2) is 0 Å². The summed E-state index contributed by atoms with van der Waals surface area (Å²) in [6.45, 7) is 1.53. The van der Waals surface area contributed by atoms with E-state index in [1.165, 1.54) is 4.31 Å². The highest BCUT2D eigenvalue weighted by molar-refractivity contribution is 7.86. The third-order valence-electron chi connectivity index (χ3n) is 1.94. The van der Waals surface area contributed by atoms with Crippen LogP contribution >= 0.6 is 0 Å². The monoisotopic (exact) mass is 179 g/mol. The molecule has 1 atom stereocenters. The number of hydrogen-bond acceptors (Lipinski definition) is 3. The maximum absolute atomic E-state index is 10.8. The van der Waals surface area contributed by atoms with Crippen LogP contribution in [0.15, 0.2) is 0 Å². The van der Waals surface area contributed by atoms with E-state index in [1.807, 2.05) is 0 Å². The lowest BCUT2D eigenvalue weighted by molar-refractivity contribution is 0.460. The average Bonchev–Trinajstić information content (AvgIpc) is 2.32. The van der Waals surface area contributed by atoms with Crippen molar-refractivity contribution >= 4 is 10.2 Å². The number of hydrogen-bond donors (Lipinski definition) is 2. The van der Waals surface area contributed by atoms with Crippen LogP contribution in [0.3, 0.4) is 0 Å². The molecule has 1 aliphatic rings. The molecular formula is C5H13N3O2S. The van der Waals surface area contributed by atoms with Crippen molar-refractivity contribution in [2.24, 2.45) is 16.8 Å². The van der Waals surface area contributed by atoms with E-state index in [0.29, 0.717) is 19.6 Å². The molecule has 1 heterocycles. The van der Waals surface area contributed by atoms with Crippen molar-refractivity contribution in [3.05, 3.63) is 0 Å². The molecule has 0 aliphatic carbocycles. The van der Waals surface area contributed by atoms with Crippen molar-refractivity contribution in [3.8, 4) is 0 Å². The summed E-state index contributed by atoms with van der Waals surface area (Å²) in [5.74, 6) is 0.285. The molecule has 11 heavy (non-hydrogen) atoms. The van der Waals surface area contributed by atoms with Crippen LogP contribution < -0.4 is 10.9 Å². The van der Waals surface area contributed by atoms with E-state index in [0.717, 1.165) is 6.42 Å². The summed E-state index contributed by atoms with van der Waals surface area (Å²) in [4.78, 5) is 0. The molecule has 5 nitrogen and oxygen atoms in total. The zero-order valence-electron chi connectivity index (χ0n) is 6.23. The van der Waals surface area contributed by atoms with Crippen LogP contribution in [0.5, 0.6) is 0 Å². The van der Waals surface area contributed by atoms with Gasteiger partial charge >= 0.3 is 0 Å². The second-order valence-electron chi connectivity index (χ2n) is 2.79. The molecule has 1 saturated heterocycles. The molecule has 0 saturated carbocycles. The summed E-state index contributed by atoms with van der Waals surface area (Å²) in [6.07, 6.45) is 0.826. The van der Waals surface area contributed by atoms with E-state index in [1.54, 1.807) is 0 Å². The predicted molar refractivity (Wildman–Crippen MR) is 41.8 cm³/mol. The Hall–Kier alpha value is -0.170. The summed E-state index contributed by atoms with van der Waals surface area (Å²) in [5, 5.41) is 4.92. The van der Waals surface area contributed by atoms with E-state index >= 15 is 0 Å². The molecule has 1 rings (SSSR count). The third-order valence-corrected chi connectivity index (χ3v) is 2.99. The smallest absolute Gasteiger partial charge is 0.276 e. The van der Waals surface area contributed by atoms with Crippen LogP contribution in [0.2, 0.25) is 0 Å². The zero-order valence-corrected chi connectivity index (χ0v) is 7.05. The molecule has 6 heteroatoms. The quantitative estimate of drug-likeness (QED) is 0.539. The van der Waals surface area contributed by atoms with Crippen LogP contribution in [0.1, 0.15) is 6.42 Å². The lowest BCUT2D eigenvalue weighted by Gasteiger charge is -2.11. The highest BCUT2D eigenvalue weighted by atomic mass is 32.2. The van der Waals surface area contributed by atoms with Gasteiger partial charge in [-0.1, -0.05) is 0 Å². The van der Waals surface area contributed by atoms with Gasteiger partial charge < -0.3 is 5.73 Å². The Morgan fingerprint density at radius 3 is 2.45 bits per heavy atom. The minimum absolute atomic E-state index is 0.285. The Balaban J connectivity index is 2.55. The molecule has 0 aromatic carbocycles. The highest BCUT2D eigenvalue weighted by Crippen LogP contribution is 2.15. The van der Waals surface area contributed by atoms with Gasteiger partial charge in [-0.15, -0.1) is 0 Å². The Labute approximate surface area is 66.5 Å². The number of nitrogens with two attached hydrogens (primary N) is 2. The van der Waals surface area contributed by atoms with E-state index < -0.39 is 10.2 Å². The maximum atomic E-state index is 10.8. The van der Waals surface area contributed by atoms with Gasteiger partial charge in [-0.25, -0.2) is 5.14 Å². The topological polar surface area (TPSA) is 89.4 Å². The van der Waals surface area contributed by atoms with Gasteiger partial charge in [0, 0.05) is 13.1 Å². The maximum Gasteiger partial charge on any atom is 0.276 e. The van der Waals surface area contributed by atoms with Crippen LogP contribution in [-0.4, -0.2) is 32.4 Å². The molecule has 1 fully saturated rings. The van der Waals surface area contributed by atoms with Gasteiger partial charge in [-0.3, -0.25) is 0 Å². The second kappa shape index (κ2) is 3.06. The van der Waals surface area contributed by atoms with Gasteiger partial charge in [0.05, 0.1) is 0 Å². The second-order valence-corrected chi connectivity index (χ2v) is 4.34. The SMILES string of the molecule is NCC1CCN(S(N)(=O)=O)C1. The van der Waals surface area contributed by atoms with Crippen molar-refractivity contribution in [1.29, 1.82) is 0 Å². The van der Waals surface area contributed by atoms with E-state index in [-0.39, 0.29) is 5.92 Å². The summed E-state index contributed by atoms with van der Waals surface area (Å²) in [6, 6.07) is 0. The molecule has 0 spiro atoms. The molecule has 1 unspecified atom stereocenters. The first-order valence-electron chi connectivity index (χ1n) is 3.52. The first-order chi connectivity index (χ1) is 5.04. The normalized spacial score (nSPS) is 27.6. The molecule has 0 aromatic heterocycles. The summed E-state index contributed by atoms with van der Waals surface area (Å²) < 4.78 is 22.8. The minimum Gasteiger partial charge on any atom is -0.330 e. The molecule has 1 aliphatic heterocycles. The lowest BCUT2D eigenvalue weighted by atomic mass is 10.1. The summed E-state index contributed by atoms with van der Waals surface area (Å²) >= 11 is 0. The van der Waals surface area contributed by atoms with Crippen molar-refractivity contribution in [3.63, 3.8) is 0 Å². The Bertz CT molecular complexity index is 226. The van der Waals surface area contributed by atoms with Gasteiger partial charge in [0.1, 0.15) is 0 Å². The van der Waals surface area contributed by atoms with Crippen LogP contribution in [-0.2, 0) is 10.2 Å². The van der Waals surface area contributed by atoms with Crippen molar-refractivity contribution in [1.82, 2.24) is 4.31 Å². The number of nitrogens with zero attached hydrogens (tertiary/aromatic N) is 1. The molecule has 0 radical (unpaired) electrons. The van der Waals surface area contributed by atoms with Gasteiger partial charge in [0.25, 0.3) is 10.2 Å². The van der Waals surface area contributed by atoms with E-state index in [4.69, 9.17) is 10.9 Å². The lowest BCUT2D eigenvalue weighted by Crippen LogP contribution is -2.35. The van der Waals surface area contributed by atoms with Crippen molar-refractivity contribution in [2.75, 3.05) is 19.6 Å². The molecule has 0 bridgehead atoms. The first-order valence-corrected chi connectivity index (χ1v) is 5.02. The third kappa shape index (κ3) is 2.13. The van der Waals surface area contributed by atoms with E-state index in [9.17, 15) is 8.42 Å². The summed E-state index contributed by atoms with van der Waals surface area (Å²) in [7, 11) is -3.47. The van der Waals surface area contributed by atoms with Crippen molar-refractivity contribution < 1.29 is 8.42 Å². The van der Waals surface area contributed by atoms with E-state index in [2.05, 4.69) is 0 Å². The highest BCUT2D eigenvalue weighted by Gasteiger charge is 2.27. The molecular weight excluding hydrogens is 166 g/mol. The minimum atomic E-state index is -3.47. The van der Waals surface area contributed by atoms with Gasteiger partial charge in [-0.2, -0.15) is 12.7 Å². The van der Waals surface area contributed by atoms with Crippen molar-refractivity contribution in [2.45, 2.75) is 6.42 Å². The fourth-order valence-electron chi connectivity index (χ4n) is 1.22. The average molecular weight is 179 g/mol. The largest absolute Gasteiger partial charge is 0.330 e. The van der Waals surface area contributed by atoms with Crippen LogP contribution in [0, 0.1) is 5.92 Å². The summed E-state index contributed by atoms with van der Waals surface area (Å²) in [5.41, 5.74) is 5.38. The zero-order chi connectivity index (χ0) is 8.48. The fraction of sp³-hybridized carbons (Fsp3) is 1.00. The van der Waals surface area contributed by atoms with Crippen LogP contribution in [0.4, 0.5) is 0 Å². The molecule has 0 aromatic rings. The van der Waals surface area contributed by atoms with Crippen LogP contribution in [0.25, 0.3) is 0 Å². The Morgan fingerprint density at radius 2 is 2.18 bits per heavy atom. The van der Waals surface area contributed by atoms with Gasteiger partial charge in [0.2, 0.25) is 0 Å². The fourth-order valence-corrected chi connectivity index (χ4v) is 2.00. The predicted octanol–water partition coefficient (Wildman–Crippen LogP) is -1.53. The van der Waals surface area contributed by atoms with Gasteiger partial charge in [-0.05, 0) is 18.9 Å². The molecule has 4 N–H and O–H groups in total. The number of rotatable bonds is 2. The Morgan fingerprint density at radius 1 is 1.55 bits per heavy atom. The Kier molecular flexibility index (Phi) is 2.48. The first kappa shape index (κ1) is 8.92. The molecule has 66 valence electrons. The standard InChI is InChI=1S/C5H13N3O2S/c6-3-5-1-2-8(4-5)11(7,9)10/h5H,1-4,6H2,(H2,7,9,10).